The lowest BCUT2D eigenvalue weighted by Crippen LogP contribution is -2.48. The van der Waals surface area contributed by atoms with Crippen LogP contribution in [0.15, 0.2) is 82.4 Å². The van der Waals surface area contributed by atoms with E-state index in [9.17, 15) is 14.0 Å². The highest BCUT2D eigenvalue weighted by Gasteiger charge is 2.22. The molecule has 8 nitrogen and oxygen atoms in total. The van der Waals surface area contributed by atoms with Gasteiger partial charge < -0.3 is 19.5 Å². The van der Waals surface area contributed by atoms with E-state index in [0.29, 0.717) is 24.3 Å². The van der Waals surface area contributed by atoms with E-state index >= 15 is 0 Å². The third kappa shape index (κ3) is 6.20. The Kier molecular flexibility index (Phi) is 7.69. The molecule has 0 aliphatic carbocycles. The van der Waals surface area contributed by atoms with Crippen LogP contribution in [0.5, 0.6) is 0 Å². The van der Waals surface area contributed by atoms with Crippen LogP contribution in [0.1, 0.15) is 15.9 Å². The van der Waals surface area contributed by atoms with Crippen LogP contribution in [0, 0.1) is 12.7 Å². The lowest BCUT2D eigenvalue weighted by Gasteiger charge is -2.36. The van der Waals surface area contributed by atoms with Crippen LogP contribution in [0.3, 0.4) is 0 Å². The van der Waals surface area contributed by atoms with E-state index in [0.717, 1.165) is 41.7 Å². The summed E-state index contributed by atoms with van der Waals surface area (Å²) in [5.74, 6) is -0.117. The number of aromatic nitrogens is 2. The van der Waals surface area contributed by atoms with Crippen molar-refractivity contribution in [1.29, 1.82) is 0 Å². The van der Waals surface area contributed by atoms with E-state index in [-0.39, 0.29) is 34.5 Å². The molecule has 1 aliphatic heterocycles. The Balaban J connectivity index is 1.08. The first-order chi connectivity index (χ1) is 18.4. The van der Waals surface area contributed by atoms with Gasteiger partial charge in [0.05, 0.1) is 5.75 Å². The zero-order valence-corrected chi connectivity index (χ0v) is 21.6. The van der Waals surface area contributed by atoms with Crippen LogP contribution in [-0.2, 0) is 4.79 Å². The van der Waals surface area contributed by atoms with Gasteiger partial charge in [0.2, 0.25) is 11.8 Å². The van der Waals surface area contributed by atoms with Crippen molar-refractivity contribution in [1.82, 2.24) is 15.1 Å². The van der Waals surface area contributed by atoms with Crippen molar-refractivity contribution in [2.75, 3.05) is 42.1 Å². The number of benzene rings is 3. The maximum atomic E-state index is 13.1. The van der Waals surface area contributed by atoms with E-state index < -0.39 is 0 Å². The molecular weight excluding hydrogens is 505 g/mol. The van der Waals surface area contributed by atoms with Gasteiger partial charge in [-0.3, -0.25) is 9.59 Å². The van der Waals surface area contributed by atoms with Crippen molar-refractivity contribution in [2.24, 2.45) is 0 Å². The van der Waals surface area contributed by atoms with Gasteiger partial charge in [-0.1, -0.05) is 29.5 Å². The minimum atomic E-state index is -0.347. The molecule has 0 spiro atoms. The van der Waals surface area contributed by atoms with Crippen molar-refractivity contribution < 1.29 is 18.4 Å². The number of nitrogens with one attached hydrogen (secondary N) is 1. The summed E-state index contributed by atoms with van der Waals surface area (Å²) in [7, 11) is 0. The average Bonchev–Trinajstić information content (AvgIpc) is 3.42. The first-order valence-electron chi connectivity index (χ1n) is 12.2. The fourth-order valence-electron chi connectivity index (χ4n) is 4.10. The fraction of sp³-hybridized carbons (Fsp3) is 0.214. The molecule has 4 aromatic rings. The Morgan fingerprint density at radius 1 is 0.921 bits per heavy atom. The number of nitrogens with zero attached hydrogens (tertiary/aromatic N) is 4. The second-order valence-electron chi connectivity index (χ2n) is 8.91. The van der Waals surface area contributed by atoms with Gasteiger partial charge in [0.15, 0.2) is 0 Å². The van der Waals surface area contributed by atoms with Crippen molar-refractivity contribution in [2.45, 2.75) is 12.1 Å². The Morgan fingerprint density at radius 3 is 2.29 bits per heavy atom. The normalized spacial score (nSPS) is 13.4. The molecule has 3 aromatic carbocycles. The van der Waals surface area contributed by atoms with Crippen LogP contribution in [0.4, 0.5) is 15.8 Å². The lowest BCUT2D eigenvalue weighted by atomic mass is 10.1. The van der Waals surface area contributed by atoms with Crippen molar-refractivity contribution >= 4 is 35.0 Å². The van der Waals surface area contributed by atoms with E-state index in [1.54, 1.807) is 12.1 Å². The van der Waals surface area contributed by atoms with Gasteiger partial charge in [-0.2, -0.15) is 0 Å². The quantitative estimate of drug-likeness (QED) is 0.340. The fourth-order valence-corrected chi connectivity index (χ4v) is 4.67. The highest BCUT2D eigenvalue weighted by atomic mass is 32.2. The standard InChI is InChI=1S/C28H26FN5O3S/c1-19-2-4-21(5-3-19)27(36)34-16-14-33(15-17-34)24-12-10-23(11-13-24)30-25(35)18-38-28-32-31-26(37-28)20-6-8-22(29)9-7-20/h2-13H,14-18H2,1H3,(H,30,35). The van der Waals surface area contributed by atoms with Crippen molar-refractivity contribution in [3.05, 3.63) is 89.7 Å². The number of anilines is 2. The summed E-state index contributed by atoms with van der Waals surface area (Å²) in [5, 5.41) is 11.0. The third-order valence-corrected chi connectivity index (χ3v) is 7.02. The summed E-state index contributed by atoms with van der Waals surface area (Å²) in [6.45, 7) is 4.79. The van der Waals surface area contributed by atoms with Gasteiger partial charge in [-0.15, -0.1) is 10.2 Å². The Bertz CT molecular complexity index is 1400. The first kappa shape index (κ1) is 25.5. The molecule has 1 aromatic heterocycles. The minimum Gasteiger partial charge on any atom is -0.411 e. The number of hydrogen-bond acceptors (Lipinski definition) is 7. The second-order valence-corrected chi connectivity index (χ2v) is 9.84. The molecule has 2 heterocycles. The Morgan fingerprint density at radius 2 is 1.61 bits per heavy atom. The summed E-state index contributed by atoms with van der Waals surface area (Å²) in [6.07, 6.45) is 0. The number of rotatable bonds is 7. The third-order valence-electron chi connectivity index (χ3n) is 6.21. The molecule has 38 heavy (non-hydrogen) atoms. The van der Waals surface area contributed by atoms with E-state index in [4.69, 9.17) is 4.42 Å². The average molecular weight is 532 g/mol. The zero-order chi connectivity index (χ0) is 26.5. The maximum absolute atomic E-state index is 13.1. The minimum absolute atomic E-state index is 0.0628. The second kappa shape index (κ2) is 11.5. The molecule has 1 fully saturated rings. The molecule has 1 saturated heterocycles. The zero-order valence-electron chi connectivity index (χ0n) is 20.8. The molecule has 194 valence electrons. The van der Waals surface area contributed by atoms with Gasteiger partial charge in [0, 0.05) is 48.7 Å². The predicted molar refractivity (Wildman–Crippen MR) is 145 cm³/mol. The summed E-state index contributed by atoms with van der Waals surface area (Å²) in [5.41, 5.74) is 4.18. The van der Waals surface area contributed by atoms with Crippen LogP contribution in [0.25, 0.3) is 11.5 Å². The molecule has 1 aliphatic rings. The van der Waals surface area contributed by atoms with Gasteiger partial charge in [0.25, 0.3) is 11.1 Å². The maximum Gasteiger partial charge on any atom is 0.277 e. The number of hydrogen-bond donors (Lipinski definition) is 1. The molecule has 0 atom stereocenters. The Labute approximate surface area is 223 Å². The summed E-state index contributed by atoms with van der Waals surface area (Å²) in [6, 6.07) is 21.1. The lowest BCUT2D eigenvalue weighted by molar-refractivity contribution is -0.113. The van der Waals surface area contributed by atoms with Crippen LogP contribution in [-0.4, -0.2) is 58.8 Å². The molecule has 0 radical (unpaired) electrons. The molecular formula is C28H26FN5O3S. The smallest absolute Gasteiger partial charge is 0.277 e. The molecule has 5 rings (SSSR count). The first-order valence-corrected chi connectivity index (χ1v) is 13.2. The highest BCUT2D eigenvalue weighted by molar-refractivity contribution is 7.99. The molecule has 1 N–H and O–H groups in total. The summed E-state index contributed by atoms with van der Waals surface area (Å²) < 4.78 is 18.6. The SMILES string of the molecule is Cc1ccc(C(=O)N2CCN(c3ccc(NC(=O)CSc4nnc(-c5ccc(F)cc5)o4)cc3)CC2)cc1. The molecule has 0 bridgehead atoms. The monoisotopic (exact) mass is 531 g/mol. The number of amides is 2. The van der Waals surface area contributed by atoms with Gasteiger partial charge >= 0.3 is 0 Å². The summed E-state index contributed by atoms with van der Waals surface area (Å²) >= 11 is 1.13. The van der Waals surface area contributed by atoms with Crippen molar-refractivity contribution in [3.63, 3.8) is 0 Å². The molecule has 0 unspecified atom stereocenters. The predicted octanol–water partition coefficient (Wildman–Crippen LogP) is 4.88. The number of thioether (sulfide) groups is 1. The van der Waals surface area contributed by atoms with Gasteiger partial charge in [-0.25, -0.2) is 4.39 Å². The summed E-state index contributed by atoms with van der Waals surface area (Å²) in [4.78, 5) is 29.3. The number of halogens is 1. The number of piperazine rings is 1. The number of aryl methyl sites for hydroxylation is 1. The molecule has 0 saturated carbocycles. The highest BCUT2D eigenvalue weighted by Crippen LogP contribution is 2.24. The van der Waals surface area contributed by atoms with Gasteiger partial charge in [0.1, 0.15) is 5.82 Å². The van der Waals surface area contributed by atoms with E-state index in [1.165, 1.54) is 12.1 Å². The van der Waals surface area contributed by atoms with Crippen LogP contribution < -0.4 is 10.2 Å². The number of carbonyl (C=O) groups excluding carboxylic acids is 2. The van der Waals surface area contributed by atoms with E-state index in [1.807, 2.05) is 60.4 Å². The van der Waals surface area contributed by atoms with E-state index in [2.05, 4.69) is 20.4 Å². The topological polar surface area (TPSA) is 91.6 Å². The van der Waals surface area contributed by atoms with Gasteiger partial charge in [-0.05, 0) is 67.6 Å². The van der Waals surface area contributed by atoms with Crippen molar-refractivity contribution in [3.8, 4) is 11.5 Å². The Hall–Kier alpha value is -4.18. The van der Waals surface area contributed by atoms with Crippen LogP contribution >= 0.6 is 11.8 Å². The number of carbonyl (C=O) groups is 2. The molecule has 10 heteroatoms. The van der Waals surface area contributed by atoms with Crippen LogP contribution in [0.2, 0.25) is 0 Å². The largest absolute Gasteiger partial charge is 0.411 e. The molecule has 2 amide bonds.